The van der Waals surface area contributed by atoms with Gasteiger partial charge in [-0.15, -0.1) is 0 Å². The number of fused-ring (bicyclic) bond motifs is 1. The number of aryl methyl sites for hydroxylation is 1. The van der Waals surface area contributed by atoms with Crippen molar-refractivity contribution in [3.63, 3.8) is 0 Å². The molecule has 1 aliphatic rings. The van der Waals surface area contributed by atoms with Gasteiger partial charge in [0.2, 0.25) is 5.89 Å². The molecule has 3 heterocycles. The molecule has 0 radical (unpaired) electrons. The summed E-state index contributed by atoms with van der Waals surface area (Å²) in [6.07, 6.45) is 2.25. The zero-order valence-electron chi connectivity index (χ0n) is 14.0. The van der Waals surface area contributed by atoms with E-state index in [4.69, 9.17) is 8.94 Å². The normalized spacial score (nSPS) is 19.0. The van der Waals surface area contributed by atoms with Gasteiger partial charge in [-0.25, -0.2) is 0 Å². The van der Waals surface area contributed by atoms with Gasteiger partial charge in [-0.3, -0.25) is 4.90 Å². The Morgan fingerprint density at radius 1 is 1.29 bits per heavy atom. The topological polar surface area (TPSA) is 71.4 Å². The van der Waals surface area contributed by atoms with Crippen LogP contribution in [0.25, 0.3) is 11.1 Å². The second-order valence-electron chi connectivity index (χ2n) is 6.34. The van der Waals surface area contributed by atoms with E-state index in [1.807, 2.05) is 31.2 Å². The van der Waals surface area contributed by atoms with Crippen molar-refractivity contribution >= 4 is 17.1 Å². The van der Waals surface area contributed by atoms with E-state index in [1.165, 1.54) is 0 Å². The molecule has 1 aromatic carbocycles. The summed E-state index contributed by atoms with van der Waals surface area (Å²) in [6, 6.07) is 8.90. The quantitative estimate of drug-likeness (QED) is 0.729. The lowest BCUT2D eigenvalue weighted by Crippen LogP contribution is -2.46. The first kappa shape index (κ1) is 15.1. The monoisotopic (exact) mass is 327 g/mol. The minimum absolute atomic E-state index is 0.361. The van der Waals surface area contributed by atoms with Crippen LogP contribution in [0, 0.1) is 6.92 Å². The third-order valence-corrected chi connectivity index (χ3v) is 4.55. The molecule has 0 N–H and O–H groups in total. The van der Waals surface area contributed by atoms with Crippen LogP contribution in [-0.2, 0) is 6.54 Å². The Balaban J connectivity index is 1.46. The van der Waals surface area contributed by atoms with E-state index in [1.54, 1.807) is 0 Å². The zero-order chi connectivity index (χ0) is 16.5. The number of piperidine rings is 1. The highest BCUT2D eigenvalue weighted by Crippen LogP contribution is 2.25. The fraction of sp³-hybridized carbons (Fsp3) is 0.471. The molecule has 1 saturated heterocycles. The van der Waals surface area contributed by atoms with E-state index in [-0.39, 0.29) is 0 Å². The molecule has 0 spiro atoms. The van der Waals surface area contributed by atoms with Crippen LogP contribution in [0.3, 0.4) is 0 Å². The molecular formula is C17H21N5O2. The predicted octanol–water partition coefficient (Wildman–Crippen LogP) is 2.62. The maximum absolute atomic E-state index is 5.90. The van der Waals surface area contributed by atoms with Crippen LogP contribution in [0.2, 0.25) is 0 Å². The average Bonchev–Trinajstić information content (AvgIpc) is 3.20. The lowest BCUT2D eigenvalue weighted by atomic mass is 10.0. The highest BCUT2D eigenvalue weighted by atomic mass is 16.5. The minimum Gasteiger partial charge on any atom is -0.423 e. The maximum Gasteiger partial charge on any atom is 0.298 e. The standard InChI is InChI=1S/C17H21N5O2/c1-12-18-16(20-24-12)11-22-9-5-6-13(10-22)21(2)17-19-14-7-3-4-8-15(14)23-17/h3-4,7-8,13H,5-6,9-11H2,1-2H3/t13-/m0/s1. The number of oxazole rings is 1. The summed E-state index contributed by atoms with van der Waals surface area (Å²) in [7, 11) is 2.05. The first-order valence-electron chi connectivity index (χ1n) is 8.29. The van der Waals surface area contributed by atoms with Gasteiger partial charge < -0.3 is 13.8 Å². The van der Waals surface area contributed by atoms with E-state index >= 15 is 0 Å². The third kappa shape index (κ3) is 2.99. The van der Waals surface area contributed by atoms with Crippen molar-refractivity contribution < 1.29 is 8.94 Å². The van der Waals surface area contributed by atoms with Crippen molar-refractivity contribution in [2.24, 2.45) is 0 Å². The Kier molecular flexibility index (Phi) is 3.93. The summed E-state index contributed by atoms with van der Waals surface area (Å²) in [5.41, 5.74) is 1.73. The summed E-state index contributed by atoms with van der Waals surface area (Å²) < 4.78 is 11.0. The number of likely N-dealkylation sites (tertiary alicyclic amines) is 1. The molecule has 0 saturated carbocycles. The Hall–Kier alpha value is -2.41. The van der Waals surface area contributed by atoms with Crippen LogP contribution in [0.4, 0.5) is 6.01 Å². The molecule has 1 atom stereocenters. The minimum atomic E-state index is 0.361. The molecule has 0 bridgehead atoms. The van der Waals surface area contributed by atoms with Crippen molar-refractivity contribution in [3.8, 4) is 0 Å². The van der Waals surface area contributed by atoms with Gasteiger partial charge in [0.05, 0.1) is 6.54 Å². The summed E-state index contributed by atoms with van der Waals surface area (Å²) >= 11 is 0. The second-order valence-corrected chi connectivity index (χ2v) is 6.34. The molecule has 1 aliphatic heterocycles. The molecule has 7 nitrogen and oxygen atoms in total. The van der Waals surface area contributed by atoms with Crippen LogP contribution < -0.4 is 4.90 Å². The van der Waals surface area contributed by atoms with Crippen LogP contribution in [0.5, 0.6) is 0 Å². The van der Waals surface area contributed by atoms with Crippen molar-refractivity contribution in [1.29, 1.82) is 0 Å². The summed E-state index contributed by atoms with van der Waals surface area (Å²) in [5.74, 6) is 1.36. The summed E-state index contributed by atoms with van der Waals surface area (Å²) in [5, 5.41) is 3.99. The highest BCUT2D eigenvalue weighted by Gasteiger charge is 2.26. The van der Waals surface area contributed by atoms with Gasteiger partial charge in [-0.2, -0.15) is 9.97 Å². The fourth-order valence-corrected chi connectivity index (χ4v) is 3.26. The first-order valence-corrected chi connectivity index (χ1v) is 8.29. The third-order valence-electron chi connectivity index (χ3n) is 4.55. The molecule has 4 rings (SSSR count). The number of para-hydroxylation sites is 2. The van der Waals surface area contributed by atoms with Gasteiger partial charge in [-0.1, -0.05) is 17.3 Å². The number of likely N-dealkylation sites (N-methyl/N-ethyl adjacent to an activating group) is 1. The lowest BCUT2D eigenvalue weighted by molar-refractivity contribution is 0.190. The van der Waals surface area contributed by atoms with Crippen molar-refractivity contribution in [2.45, 2.75) is 32.4 Å². The second kappa shape index (κ2) is 6.24. The Labute approximate surface area is 140 Å². The Morgan fingerprint density at radius 3 is 2.96 bits per heavy atom. The predicted molar refractivity (Wildman–Crippen MR) is 89.7 cm³/mol. The van der Waals surface area contributed by atoms with Crippen molar-refractivity contribution in [1.82, 2.24) is 20.0 Å². The molecule has 0 amide bonds. The number of hydrogen-bond donors (Lipinski definition) is 0. The van der Waals surface area contributed by atoms with Crippen LogP contribution in [0.1, 0.15) is 24.6 Å². The van der Waals surface area contributed by atoms with E-state index in [2.05, 4.69) is 32.0 Å². The lowest BCUT2D eigenvalue weighted by Gasteiger charge is -2.36. The SMILES string of the molecule is Cc1nc(CN2CCC[C@H](N(C)c3nc4ccccc4o3)C2)no1. The van der Waals surface area contributed by atoms with E-state index in [9.17, 15) is 0 Å². The largest absolute Gasteiger partial charge is 0.423 e. The van der Waals surface area contributed by atoms with E-state index < -0.39 is 0 Å². The fourth-order valence-electron chi connectivity index (χ4n) is 3.26. The van der Waals surface area contributed by atoms with E-state index in [0.717, 1.165) is 49.4 Å². The summed E-state index contributed by atoms with van der Waals surface area (Å²) in [6.45, 7) is 4.51. The average molecular weight is 327 g/mol. The van der Waals surface area contributed by atoms with Crippen molar-refractivity contribution in [3.05, 3.63) is 36.0 Å². The number of anilines is 1. The number of aromatic nitrogens is 3. The van der Waals surface area contributed by atoms with Gasteiger partial charge in [-0.05, 0) is 31.5 Å². The molecule has 126 valence electrons. The van der Waals surface area contributed by atoms with Gasteiger partial charge >= 0.3 is 0 Å². The number of nitrogens with zero attached hydrogens (tertiary/aromatic N) is 5. The van der Waals surface area contributed by atoms with Gasteiger partial charge in [0.1, 0.15) is 5.52 Å². The molecule has 7 heteroatoms. The van der Waals surface area contributed by atoms with Gasteiger partial charge in [0.25, 0.3) is 6.01 Å². The number of rotatable bonds is 4. The smallest absolute Gasteiger partial charge is 0.298 e. The Bertz CT molecular complexity index is 794. The van der Waals surface area contributed by atoms with Gasteiger partial charge in [0, 0.05) is 26.6 Å². The zero-order valence-corrected chi connectivity index (χ0v) is 14.0. The molecule has 2 aromatic heterocycles. The maximum atomic E-state index is 5.90. The highest BCUT2D eigenvalue weighted by molar-refractivity contribution is 5.74. The number of benzene rings is 1. The van der Waals surface area contributed by atoms with Crippen LogP contribution in [0.15, 0.2) is 33.2 Å². The number of hydrogen-bond acceptors (Lipinski definition) is 7. The first-order chi connectivity index (χ1) is 11.7. The van der Waals surface area contributed by atoms with Crippen LogP contribution >= 0.6 is 0 Å². The molecular weight excluding hydrogens is 306 g/mol. The summed E-state index contributed by atoms with van der Waals surface area (Å²) in [4.78, 5) is 13.4. The molecule has 0 unspecified atom stereocenters. The molecule has 1 fully saturated rings. The van der Waals surface area contributed by atoms with Gasteiger partial charge in [0.15, 0.2) is 11.4 Å². The van der Waals surface area contributed by atoms with E-state index in [0.29, 0.717) is 17.9 Å². The molecule has 24 heavy (non-hydrogen) atoms. The Morgan fingerprint density at radius 2 is 2.17 bits per heavy atom. The van der Waals surface area contributed by atoms with Crippen molar-refractivity contribution in [2.75, 3.05) is 25.0 Å². The molecule has 3 aromatic rings. The van der Waals surface area contributed by atoms with Crippen LogP contribution in [-0.4, -0.2) is 46.2 Å². The molecule has 0 aliphatic carbocycles.